The minimum Gasteiger partial charge on any atom is -0.352 e. The second-order valence-electron chi connectivity index (χ2n) is 5.67. The molecule has 1 aliphatic carbocycles. The molecule has 0 unspecified atom stereocenters. The van der Waals surface area contributed by atoms with E-state index in [1.807, 2.05) is 0 Å². The van der Waals surface area contributed by atoms with Crippen LogP contribution >= 0.6 is 11.3 Å². The molecular weight excluding hydrogens is 328 g/mol. The molecule has 1 aromatic heterocycles. The Balaban J connectivity index is 1.52. The molecule has 6 heteroatoms. The molecule has 0 saturated heterocycles. The van der Waals surface area contributed by atoms with Crippen molar-refractivity contribution in [1.29, 1.82) is 0 Å². The Morgan fingerprint density at radius 2 is 2.00 bits per heavy atom. The van der Waals surface area contributed by atoms with Crippen molar-refractivity contribution in [2.24, 2.45) is 0 Å². The second kappa shape index (κ2) is 7.36. The van der Waals surface area contributed by atoms with E-state index in [9.17, 15) is 9.00 Å². The molecule has 1 amide bonds. The number of hydrogen-bond acceptors (Lipinski definition) is 4. The van der Waals surface area contributed by atoms with Crippen LogP contribution in [0.25, 0.3) is 0 Å². The van der Waals surface area contributed by atoms with Crippen LogP contribution in [0, 0.1) is 0 Å². The molecule has 4 nitrogen and oxygen atoms in total. The fourth-order valence-corrected chi connectivity index (χ4v) is 4.37. The van der Waals surface area contributed by atoms with Crippen LogP contribution in [-0.4, -0.2) is 27.9 Å². The summed E-state index contributed by atoms with van der Waals surface area (Å²) in [7, 11) is -1.02. The molecular formula is C17H20N2O2S2. The highest BCUT2D eigenvalue weighted by Crippen LogP contribution is 2.26. The molecule has 0 fully saturated rings. The highest BCUT2D eigenvalue weighted by molar-refractivity contribution is 7.84. The number of carbonyl (C=O) groups is 1. The van der Waals surface area contributed by atoms with E-state index in [0.29, 0.717) is 12.1 Å². The number of aromatic nitrogens is 1. The van der Waals surface area contributed by atoms with Gasteiger partial charge in [-0.25, -0.2) is 4.98 Å². The van der Waals surface area contributed by atoms with Gasteiger partial charge in [-0.3, -0.25) is 9.00 Å². The van der Waals surface area contributed by atoms with Gasteiger partial charge in [0.1, 0.15) is 0 Å². The van der Waals surface area contributed by atoms with Crippen LogP contribution < -0.4 is 5.32 Å². The summed E-state index contributed by atoms with van der Waals surface area (Å²) in [5.74, 6) is -0.0974. The van der Waals surface area contributed by atoms with E-state index in [0.717, 1.165) is 29.2 Å². The first kappa shape index (κ1) is 16.3. The Bertz CT molecular complexity index is 699. The number of thiazole rings is 1. The zero-order chi connectivity index (χ0) is 16.2. The number of fused-ring (bicyclic) bond motifs is 1. The SMILES string of the molecule is C[S@@](=O)c1ccc(C(=O)NCCc2nc3c(s2)CCCC3)cc1. The van der Waals surface area contributed by atoms with Crippen LogP contribution in [0.5, 0.6) is 0 Å². The smallest absolute Gasteiger partial charge is 0.251 e. The monoisotopic (exact) mass is 348 g/mol. The lowest BCUT2D eigenvalue weighted by molar-refractivity contribution is 0.0954. The number of carbonyl (C=O) groups excluding carboxylic acids is 1. The van der Waals surface area contributed by atoms with E-state index in [1.165, 1.54) is 23.4 Å². The number of hydrogen-bond donors (Lipinski definition) is 1. The summed E-state index contributed by atoms with van der Waals surface area (Å²) in [6, 6.07) is 6.90. The molecule has 0 radical (unpaired) electrons. The Morgan fingerprint density at radius 1 is 1.26 bits per heavy atom. The summed E-state index contributed by atoms with van der Waals surface area (Å²) < 4.78 is 11.3. The lowest BCUT2D eigenvalue weighted by Crippen LogP contribution is -2.25. The van der Waals surface area contributed by atoms with Gasteiger partial charge in [-0.1, -0.05) is 0 Å². The zero-order valence-corrected chi connectivity index (χ0v) is 14.8. The van der Waals surface area contributed by atoms with Gasteiger partial charge >= 0.3 is 0 Å². The lowest BCUT2D eigenvalue weighted by atomic mass is 10.0. The van der Waals surface area contributed by atoms with Crippen molar-refractivity contribution in [2.75, 3.05) is 12.8 Å². The van der Waals surface area contributed by atoms with E-state index in [4.69, 9.17) is 0 Å². The lowest BCUT2D eigenvalue weighted by Gasteiger charge is -2.06. The van der Waals surface area contributed by atoms with Gasteiger partial charge in [0.05, 0.1) is 10.7 Å². The van der Waals surface area contributed by atoms with E-state index in [-0.39, 0.29) is 5.91 Å². The van der Waals surface area contributed by atoms with E-state index in [1.54, 1.807) is 41.9 Å². The molecule has 0 saturated carbocycles. The summed E-state index contributed by atoms with van der Waals surface area (Å²) in [5, 5.41) is 4.05. The predicted molar refractivity (Wildman–Crippen MR) is 93.6 cm³/mol. The van der Waals surface area contributed by atoms with Gasteiger partial charge in [-0.15, -0.1) is 11.3 Å². The van der Waals surface area contributed by atoms with Crippen molar-refractivity contribution in [2.45, 2.75) is 37.0 Å². The van der Waals surface area contributed by atoms with Crippen LogP contribution in [-0.2, 0) is 30.1 Å². The maximum Gasteiger partial charge on any atom is 0.251 e. The van der Waals surface area contributed by atoms with Gasteiger partial charge in [0, 0.05) is 45.4 Å². The molecule has 122 valence electrons. The molecule has 1 aromatic carbocycles. The molecule has 2 aromatic rings. The number of nitrogens with zero attached hydrogens (tertiary/aromatic N) is 1. The third-order valence-corrected chi connectivity index (χ3v) is 6.12. The van der Waals surface area contributed by atoms with Gasteiger partial charge < -0.3 is 5.32 Å². The Kier molecular flexibility index (Phi) is 5.23. The summed E-state index contributed by atoms with van der Waals surface area (Å²) in [6.45, 7) is 0.590. The molecule has 1 atom stereocenters. The summed E-state index contributed by atoms with van der Waals surface area (Å²) in [4.78, 5) is 19.0. The van der Waals surface area contributed by atoms with Crippen LogP contribution in [0.15, 0.2) is 29.2 Å². The summed E-state index contributed by atoms with van der Waals surface area (Å²) in [5.41, 5.74) is 1.86. The second-order valence-corrected chi connectivity index (χ2v) is 8.22. The molecule has 1 heterocycles. The van der Waals surface area contributed by atoms with Crippen molar-refractivity contribution in [3.63, 3.8) is 0 Å². The highest BCUT2D eigenvalue weighted by Gasteiger charge is 2.15. The highest BCUT2D eigenvalue weighted by atomic mass is 32.2. The fraction of sp³-hybridized carbons (Fsp3) is 0.412. The van der Waals surface area contributed by atoms with Gasteiger partial charge in [0.25, 0.3) is 5.91 Å². The van der Waals surface area contributed by atoms with Crippen LogP contribution in [0.4, 0.5) is 0 Å². The molecule has 3 rings (SSSR count). The Morgan fingerprint density at radius 3 is 2.70 bits per heavy atom. The first-order chi connectivity index (χ1) is 11.1. The number of nitrogens with one attached hydrogen (secondary N) is 1. The van der Waals surface area contributed by atoms with Gasteiger partial charge in [-0.2, -0.15) is 0 Å². The van der Waals surface area contributed by atoms with Crippen molar-refractivity contribution in [3.05, 3.63) is 45.4 Å². The molecule has 0 bridgehead atoms. The average molecular weight is 348 g/mol. The van der Waals surface area contributed by atoms with Crippen LogP contribution in [0.3, 0.4) is 0 Å². The van der Waals surface area contributed by atoms with Crippen molar-refractivity contribution >= 4 is 28.0 Å². The molecule has 23 heavy (non-hydrogen) atoms. The van der Waals surface area contributed by atoms with Crippen LogP contribution in [0.1, 0.15) is 38.8 Å². The third-order valence-electron chi connectivity index (χ3n) is 3.96. The van der Waals surface area contributed by atoms with Crippen LogP contribution in [0.2, 0.25) is 0 Å². The number of benzene rings is 1. The topological polar surface area (TPSA) is 59.1 Å². The normalized spacial score (nSPS) is 15.0. The largest absolute Gasteiger partial charge is 0.352 e. The number of amides is 1. The summed E-state index contributed by atoms with van der Waals surface area (Å²) in [6.07, 6.45) is 7.17. The van der Waals surface area contributed by atoms with E-state index in [2.05, 4.69) is 10.3 Å². The van der Waals surface area contributed by atoms with Crippen molar-refractivity contribution in [1.82, 2.24) is 10.3 Å². The van der Waals surface area contributed by atoms with E-state index < -0.39 is 10.8 Å². The summed E-state index contributed by atoms with van der Waals surface area (Å²) >= 11 is 1.79. The van der Waals surface area contributed by atoms with Crippen molar-refractivity contribution < 1.29 is 9.00 Å². The van der Waals surface area contributed by atoms with Crippen molar-refractivity contribution in [3.8, 4) is 0 Å². The molecule has 0 aliphatic heterocycles. The Labute approximate surface area is 142 Å². The fourth-order valence-electron chi connectivity index (χ4n) is 2.70. The first-order valence-corrected chi connectivity index (χ1v) is 10.2. The average Bonchev–Trinajstić information content (AvgIpc) is 2.97. The van der Waals surface area contributed by atoms with Gasteiger partial charge in [-0.05, 0) is 49.9 Å². The first-order valence-electron chi connectivity index (χ1n) is 7.82. The predicted octanol–water partition coefficient (Wildman–Crippen LogP) is 2.73. The van der Waals surface area contributed by atoms with E-state index >= 15 is 0 Å². The molecule has 1 aliphatic rings. The minimum atomic E-state index is -1.02. The number of aryl methyl sites for hydroxylation is 2. The standard InChI is InChI=1S/C17H20N2O2S2/c1-23(21)13-8-6-12(7-9-13)17(20)18-11-10-16-19-14-4-2-3-5-15(14)22-16/h6-9H,2-5,10-11H2,1H3,(H,18,20)/t23-/m1/s1. The maximum atomic E-state index is 12.1. The molecule has 1 N–H and O–H groups in total. The number of rotatable bonds is 5. The Hall–Kier alpha value is -1.53. The third kappa shape index (κ3) is 4.06. The molecule has 0 spiro atoms. The maximum absolute atomic E-state index is 12.1. The quantitative estimate of drug-likeness (QED) is 0.904. The zero-order valence-electron chi connectivity index (χ0n) is 13.1. The van der Waals surface area contributed by atoms with Gasteiger partial charge in [0.2, 0.25) is 0 Å². The van der Waals surface area contributed by atoms with Gasteiger partial charge in [0.15, 0.2) is 0 Å². The minimum absolute atomic E-state index is 0.0974.